The lowest BCUT2D eigenvalue weighted by atomic mass is 10.0. The highest BCUT2D eigenvalue weighted by molar-refractivity contribution is 8.01. The topological polar surface area (TPSA) is 87.7 Å². The van der Waals surface area contributed by atoms with E-state index in [1.807, 2.05) is 32.0 Å². The molecular formula is C20H27N3O4S. The van der Waals surface area contributed by atoms with Crippen LogP contribution in [-0.2, 0) is 14.4 Å². The molecule has 28 heavy (non-hydrogen) atoms. The van der Waals surface area contributed by atoms with Gasteiger partial charge in [0.05, 0.1) is 4.87 Å². The minimum atomic E-state index is -0.560. The van der Waals surface area contributed by atoms with Crippen LogP contribution in [0.2, 0.25) is 0 Å². The third-order valence-corrected chi connectivity index (χ3v) is 6.73. The zero-order valence-corrected chi connectivity index (χ0v) is 17.5. The summed E-state index contributed by atoms with van der Waals surface area (Å²) in [6.07, 6.45) is 1.21. The summed E-state index contributed by atoms with van der Waals surface area (Å²) in [7, 11) is 0. The van der Waals surface area contributed by atoms with Gasteiger partial charge in [-0.25, -0.2) is 0 Å². The van der Waals surface area contributed by atoms with Crippen molar-refractivity contribution in [3.8, 4) is 5.75 Å². The van der Waals surface area contributed by atoms with Crippen LogP contribution in [0.3, 0.4) is 0 Å². The molecule has 2 heterocycles. The Bertz CT molecular complexity index is 798. The van der Waals surface area contributed by atoms with Crippen molar-refractivity contribution in [3.05, 3.63) is 29.3 Å². The molecule has 0 bridgehead atoms. The number of carbonyl (C=O) groups is 3. The minimum absolute atomic E-state index is 0.0111. The number of ether oxygens (including phenoxy) is 1. The highest BCUT2D eigenvalue weighted by Crippen LogP contribution is 2.47. The predicted molar refractivity (Wildman–Crippen MR) is 108 cm³/mol. The number of hydrogen-bond donors (Lipinski definition) is 2. The third-order valence-electron chi connectivity index (χ3n) is 5.22. The second kappa shape index (κ2) is 8.03. The summed E-state index contributed by atoms with van der Waals surface area (Å²) in [5.41, 5.74) is 6.90. The van der Waals surface area contributed by atoms with Crippen molar-refractivity contribution in [2.75, 3.05) is 12.4 Å². The molecule has 8 heteroatoms. The van der Waals surface area contributed by atoms with E-state index >= 15 is 0 Å². The first kappa shape index (κ1) is 20.5. The number of fused-ring (bicyclic) bond motifs is 1. The fourth-order valence-electron chi connectivity index (χ4n) is 3.65. The fourth-order valence-corrected chi connectivity index (χ4v) is 5.08. The normalized spacial score (nSPS) is 23.7. The maximum atomic E-state index is 12.5. The van der Waals surface area contributed by atoms with Gasteiger partial charge < -0.3 is 9.64 Å². The van der Waals surface area contributed by atoms with Gasteiger partial charge >= 0.3 is 0 Å². The summed E-state index contributed by atoms with van der Waals surface area (Å²) in [5, 5.41) is 0. The van der Waals surface area contributed by atoms with E-state index in [0.717, 1.165) is 17.5 Å². The Kier molecular flexibility index (Phi) is 5.88. The van der Waals surface area contributed by atoms with Crippen molar-refractivity contribution < 1.29 is 19.1 Å². The molecule has 2 aliphatic heterocycles. The summed E-state index contributed by atoms with van der Waals surface area (Å²) in [4.78, 5) is 38.0. The van der Waals surface area contributed by atoms with Gasteiger partial charge in [0.1, 0.15) is 11.8 Å². The summed E-state index contributed by atoms with van der Waals surface area (Å²) < 4.78 is 5.67. The average Bonchev–Trinajstić information content (AvgIpc) is 3.13. The number of hydrogen-bond acceptors (Lipinski definition) is 5. The van der Waals surface area contributed by atoms with E-state index < -0.39 is 11.9 Å². The number of amides is 3. The quantitative estimate of drug-likeness (QED) is 0.733. The van der Waals surface area contributed by atoms with Crippen molar-refractivity contribution in [1.82, 2.24) is 15.8 Å². The standard InChI is InChI=1S/C20H27N3O4S/c1-12(2)14-6-5-13(3)9-16(14)27-10-17(24)21-22-19(26)15-11-28-20(4)8-7-18(25)23(15)20/h5-6,9,12,15H,7-8,10-11H2,1-4H3,(H,21,24)(H,22,26)/t15-,20-/m1/s1. The number of thioether (sulfide) groups is 1. The summed E-state index contributed by atoms with van der Waals surface area (Å²) in [6.45, 7) is 7.86. The number of carbonyl (C=O) groups excluding carboxylic acids is 3. The second-order valence-electron chi connectivity index (χ2n) is 7.79. The Morgan fingerprint density at radius 3 is 2.82 bits per heavy atom. The molecule has 3 rings (SSSR count). The summed E-state index contributed by atoms with van der Waals surface area (Å²) in [6, 6.07) is 5.35. The van der Waals surface area contributed by atoms with E-state index in [9.17, 15) is 14.4 Å². The van der Waals surface area contributed by atoms with E-state index in [1.165, 1.54) is 0 Å². The lowest BCUT2D eigenvalue weighted by Gasteiger charge is -2.29. The molecule has 152 valence electrons. The van der Waals surface area contributed by atoms with Crippen LogP contribution in [0.5, 0.6) is 5.75 Å². The maximum Gasteiger partial charge on any atom is 0.276 e. The number of hydrazine groups is 1. The first-order valence-electron chi connectivity index (χ1n) is 9.49. The largest absolute Gasteiger partial charge is 0.483 e. The molecule has 7 nitrogen and oxygen atoms in total. The minimum Gasteiger partial charge on any atom is -0.483 e. The van der Waals surface area contributed by atoms with Crippen molar-refractivity contribution in [3.63, 3.8) is 0 Å². The van der Waals surface area contributed by atoms with Gasteiger partial charge in [-0.1, -0.05) is 26.0 Å². The van der Waals surface area contributed by atoms with E-state index in [1.54, 1.807) is 16.7 Å². The van der Waals surface area contributed by atoms with Crippen LogP contribution in [0.25, 0.3) is 0 Å². The molecule has 1 aromatic rings. The number of benzene rings is 1. The SMILES string of the molecule is Cc1ccc(C(C)C)c(OCC(=O)NNC(=O)[C@H]2CS[C@]3(C)CCC(=O)N23)c1. The Morgan fingerprint density at radius 1 is 1.36 bits per heavy atom. The molecule has 2 N–H and O–H groups in total. The van der Waals surface area contributed by atoms with Crippen LogP contribution >= 0.6 is 11.8 Å². The Morgan fingerprint density at radius 2 is 2.11 bits per heavy atom. The van der Waals surface area contributed by atoms with Gasteiger partial charge in [-0.3, -0.25) is 25.2 Å². The molecule has 0 spiro atoms. The molecule has 2 fully saturated rings. The number of rotatable bonds is 5. The molecule has 1 aromatic carbocycles. The molecule has 2 aliphatic rings. The van der Waals surface area contributed by atoms with Crippen molar-refractivity contribution in [2.24, 2.45) is 0 Å². The maximum absolute atomic E-state index is 12.5. The molecule has 2 saturated heterocycles. The van der Waals surface area contributed by atoms with Crippen molar-refractivity contribution >= 4 is 29.5 Å². The number of nitrogens with zero attached hydrogens (tertiary/aromatic N) is 1. The molecule has 0 aromatic heterocycles. The van der Waals surface area contributed by atoms with Crippen LogP contribution in [0.15, 0.2) is 18.2 Å². The average molecular weight is 406 g/mol. The molecule has 0 aliphatic carbocycles. The van der Waals surface area contributed by atoms with Crippen LogP contribution in [0, 0.1) is 6.92 Å². The molecular weight excluding hydrogens is 378 g/mol. The highest BCUT2D eigenvalue weighted by atomic mass is 32.2. The van der Waals surface area contributed by atoms with E-state index in [0.29, 0.717) is 17.9 Å². The summed E-state index contributed by atoms with van der Waals surface area (Å²) in [5.74, 6) is 0.626. The highest BCUT2D eigenvalue weighted by Gasteiger charge is 2.52. The van der Waals surface area contributed by atoms with Gasteiger partial charge in [0, 0.05) is 12.2 Å². The lowest BCUT2D eigenvalue weighted by molar-refractivity contribution is -0.139. The van der Waals surface area contributed by atoms with Crippen LogP contribution in [0.4, 0.5) is 0 Å². The van der Waals surface area contributed by atoms with Crippen molar-refractivity contribution in [2.45, 2.75) is 57.4 Å². The Labute approximate surface area is 169 Å². The number of nitrogens with one attached hydrogen (secondary N) is 2. The number of aryl methyl sites for hydroxylation is 1. The first-order valence-corrected chi connectivity index (χ1v) is 10.5. The van der Waals surface area contributed by atoms with E-state index in [2.05, 4.69) is 24.7 Å². The van der Waals surface area contributed by atoms with Gasteiger partial charge in [0.2, 0.25) is 5.91 Å². The zero-order chi connectivity index (χ0) is 20.5. The molecule has 2 atom stereocenters. The smallest absolute Gasteiger partial charge is 0.276 e. The van der Waals surface area contributed by atoms with Gasteiger partial charge in [-0.2, -0.15) is 0 Å². The van der Waals surface area contributed by atoms with Crippen molar-refractivity contribution in [1.29, 1.82) is 0 Å². The van der Waals surface area contributed by atoms with Gasteiger partial charge in [0.25, 0.3) is 11.8 Å². The Balaban J connectivity index is 1.52. The van der Waals surface area contributed by atoms with Gasteiger partial charge in [-0.05, 0) is 43.4 Å². The zero-order valence-electron chi connectivity index (χ0n) is 16.7. The van der Waals surface area contributed by atoms with Crippen LogP contribution in [-0.4, -0.2) is 45.9 Å². The van der Waals surface area contributed by atoms with Crippen LogP contribution in [0.1, 0.15) is 50.7 Å². The molecule has 0 radical (unpaired) electrons. The van der Waals surface area contributed by atoms with E-state index in [-0.39, 0.29) is 29.2 Å². The molecule has 0 unspecified atom stereocenters. The van der Waals surface area contributed by atoms with Gasteiger partial charge in [0.15, 0.2) is 6.61 Å². The molecule has 3 amide bonds. The summed E-state index contributed by atoms with van der Waals surface area (Å²) >= 11 is 1.61. The second-order valence-corrected chi connectivity index (χ2v) is 9.29. The monoisotopic (exact) mass is 405 g/mol. The first-order chi connectivity index (χ1) is 13.2. The third kappa shape index (κ3) is 4.11. The fraction of sp³-hybridized carbons (Fsp3) is 0.550. The molecule has 0 saturated carbocycles. The van der Waals surface area contributed by atoms with Gasteiger partial charge in [-0.15, -0.1) is 11.8 Å². The Hall–Kier alpha value is -2.22. The van der Waals surface area contributed by atoms with E-state index in [4.69, 9.17) is 4.74 Å². The van der Waals surface area contributed by atoms with Crippen LogP contribution < -0.4 is 15.6 Å². The lowest BCUT2D eigenvalue weighted by Crippen LogP contribution is -2.54. The predicted octanol–water partition coefficient (Wildman–Crippen LogP) is 2.10.